The third-order valence-electron chi connectivity index (χ3n) is 4.78. The highest BCUT2D eigenvalue weighted by Crippen LogP contribution is 2.33. The SMILES string of the molecule is CCC1(C)CCN(C(=NC)NCC2(O)CCC2)C1.I. The van der Waals surface area contributed by atoms with Crippen LogP contribution in [0.15, 0.2) is 4.99 Å². The van der Waals surface area contributed by atoms with Crippen molar-refractivity contribution in [2.45, 2.75) is 51.6 Å². The predicted molar refractivity (Wildman–Crippen MR) is 90.2 cm³/mol. The van der Waals surface area contributed by atoms with Crippen LogP contribution in [0.1, 0.15) is 46.0 Å². The summed E-state index contributed by atoms with van der Waals surface area (Å²) in [5.41, 5.74) is -0.0608. The lowest BCUT2D eigenvalue weighted by atomic mass is 9.80. The van der Waals surface area contributed by atoms with Gasteiger partial charge in [0.25, 0.3) is 0 Å². The van der Waals surface area contributed by atoms with Gasteiger partial charge in [-0.15, -0.1) is 24.0 Å². The summed E-state index contributed by atoms with van der Waals surface area (Å²) in [6.07, 6.45) is 5.43. The average Bonchev–Trinajstić information content (AvgIpc) is 2.71. The molecule has 0 radical (unpaired) electrons. The minimum Gasteiger partial charge on any atom is -0.388 e. The number of hydrogen-bond acceptors (Lipinski definition) is 2. The Bertz CT molecular complexity index is 331. The molecule has 112 valence electrons. The van der Waals surface area contributed by atoms with Crippen molar-refractivity contribution in [1.82, 2.24) is 10.2 Å². The highest BCUT2D eigenvalue weighted by Gasteiger charge is 2.36. The molecule has 0 aromatic rings. The molecule has 0 bridgehead atoms. The van der Waals surface area contributed by atoms with Gasteiger partial charge in [0.1, 0.15) is 0 Å². The summed E-state index contributed by atoms with van der Waals surface area (Å²) >= 11 is 0. The zero-order valence-electron chi connectivity index (χ0n) is 12.4. The zero-order chi connectivity index (χ0) is 13.2. The number of guanidine groups is 1. The molecule has 1 atom stereocenters. The van der Waals surface area contributed by atoms with Gasteiger partial charge in [-0.2, -0.15) is 0 Å². The van der Waals surface area contributed by atoms with Crippen molar-refractivity contribution in [3.05, 3.63) is 0 Å². The largest absolute Gasteiger partial charge is 0.388 e. The molecule has 1 saturated carbocycles. The quantitative estimate of drug-likeness (QED) is 0.448. The molecule has 4 nitrogen and oxygen atoms in total. The Kier molecular flexibility index (Phi) is 5.92. The molecule has 1 aliphatic heterocycles. The third-order valence-corrected chi connectivity index (χ3v) is 4.78. The van der Waals surface area contributed by atoms with Crippen molar-refractivity contribution in [3.63, 3.8) is 0 Å². The van der Waals surface area contributed by atoms with Crippen LogP contribution in [-0.2, 0) is 0 Å². The van der Waals surface area contributed by atoms with E-state index in [1.807, 2.05) is 7.05 Å². The second kappa shape index (κ2) is 6.61. The molecule has 2 aliphatic rings. The Morgan fingerprint density at radius 2 is 2.05 bits per heavy atom. The first-order valence-electron chi connectivity index (χ1n) is 7.18. The number of aliphatic hydroxyl groups is 1. The van der Waals surface area contributed by atoms with E-state index < -0.39 is 5.60 Å². The Labute approximate surface area is 134 Å². The summed E-state index contributed by atoms with van der Waals surface area (Å²) in [5.74, 6) is 0.951. The van der Waals surface area contributed by atoms with E-state index in [9.17, 15) is 5.11 Å². The first-order chi connectivity index (χ1) is 8.50. The molecule has 0 spiro atoms. The molecule has 0 aromatic heterocycles. The Hall–Kier alpha value is -0.0400. The summed E-state index contributed by atoms with van der Waals surface area (Å²) in [6.45, 7) is 7.39. The van der Waals surface area contributed by atoms with E-state index in [4.69, 9.17) is 0 Å². The molecule has 0 aromatic carbocycles. The zero-order valence-corrected chi connectivity index (χ0v) is 14.7. The predicted octanol–water partition coefficient (Wildman–Crippen LogP) is 2.22. The first-order valence-corrected chi connectivity index (χ1v) is 7.18. The summed E-state index contributed by atoms with van der Waals surface area (Å²) in [5, 5.41) is 13.5. The number of halogens is 1. The van der Waals surface area contributed by atoms with Gasteiger partial charge < -0.3 is 15.3 Å². The lowest BCUT2D eigenvalue weighted by Gasteiger charge is -2.37. The molecule has 2 rings (SSSR count). The second-order valence-electron chi connectivity index (χ2n) is 6.31. The van der Waals surface area contributed by atoms with E-state index in [1.54, 1.807) is 0 Å². The summed E-state index contributed by atoms with van der Waals surface area (Å²) in [6, 6.07) is 0. The van der Waals surface area contributed by atoms with Gasteiger partial charge >= 0.3 is 0 Å². The van der Waals surface area contributed by atoms with Gasteiger partial charge in [-0.25, -0.2) is 0 Å². The summed E-state index contributed by atoms with van der Waals surface area (Å²) in [7, 11) is 1.83. The van der Waals surface area contributed by atoms with Gasteiger partial charge in [0.05, 0.1) is 5.60 Å². The normalized spacial score (nSPS) is 29.7. The first kappa shape index (κ1) is 17.0. The lowest BCUT2D eigenvalue weighted by molar-refractivity contribution is -0.0282. The van der Waals surface area contributed by atoms with Crippen LogP contribution in [-0.4, -0.2) is 48.2 Å². The van der Waals surface area contributed by atoms with Crippen molar-refractivity contribution < 1.29 is 5.11 Å². The summed E-state index contributed by atoms with van der Waals surface area (Å²) in [4.78, 5) is 6.68. The van der Waals surface area contributed by atoms with E-state index in [0.29, 0.717) is 12.0 Å². The van der Waals surface area contributed by atoms with Crippen LogP contribution < -0.4 is 5.32 Å². The van der Waals surface area contributed by atoms with Crippen LogP contribution in [0.25, 0.3) is 0 Å². The number of aliphatic imine (C=N–C) groups is 1. The molecule has 2 N–H and O–H groups in total. The van der Waals surface area contributed by atoms with Crippen molar-refractivity contribution >= 4 is 29.9 Å². The van der Waals surface area contributed by atoms with Crippen LogP contribution in [0.5, 0.6) is 0 Å². The van der Waals surface area contributed by atoms with Crippen LogP contribution in [0, 0.1) is 5.41 Å². The van der Waals surface area contributed by atoms with Gasteiger partial charge in [-0.05, 0) is 37.5 Å². The molecule has 1 aliphatic carbocycles. The number of nitrogens with one attached hydrogen (secondary N) is 1. The molecule has 19 heavy (non-hydrogen) atoms. The van der Waals surface area contributed by atoms with Crippen LogP contribution in [0.4, 0.5) is 0 Å². The fraction of sp³-hybridized carbons (Fsp3) is 0.929. The molecule has 5 heteroatoms. The van der Waals surface area contributed by atoms with Crippen molar-refractivity contribution in [3.8, 4) is 0 Å². The topological polar surface area (TPSA) is 47.9 Å². The Morgan fingerprint density at radius 1 is 1.37 bits per heavy atom. The van der Waals surface area contributed by atoms with Gasteiger partial charge in [0.15, 0.2) is 5.96 Å². The van der Waals surface area contributed by atoms with Crippen molar-refractivity contribution in [1.29, 1.82) is 0 Å². The van der Waals surface area contributed by atoms with E-state index in [1.165, 1.54) is 12.8 Å². The molecule has 1 heterocycles. The average molecular weight is 381 g/mol. The monoisotopic (exact) mass is 381 g/mol. The highest BCUT2D eigenvalue weighted by atomic mass is 127. The maximum atomic E-state index is 10.1. The Morgan fingerprint density at radius 3 is 2.47 bits per heavy atom. The fourth-order valence-electron chi connectivity index (χ4n) is 2.83. The minimum absolute atomic E-state index is 0. The number of likely N-dealkylation sites (tertiary alicyclic amines) is 1. The number of rotatable bonds is 3. The van der Waals surface area contributed by atoms with Gasteiger partial charge in [-0.3, -0.25) is 4.99 Å². The lowest BCUT2D eigenvalue weighted by Crippen LogP contribution is -2.51. The fourth-order valence-corrected chi connectivity index (χ4v) is 2.83. The second-order valence-corrected chi connectivity index (χ2v) is 6.31. The molecular formula is C14H28IN3O. The third kappa shape index (κ3) is 3.97. The number of nitrogens with zero attached hydrogens (tertiary/aromatic N) is 2. The maximum absolute atomic E-state index is 10.1. The van der Waals surface area contributed by atoms with Crippen LogP contribution >= 0.6 is 24.0 Å². The van der Waals surface area contributed by atoms with Crippen LogP contribution in [0.3, 0.4) is 0 Å². The van der Waals surface area contributed by atoms with Gasteiger partial charge in [-0.1, -0.05) is 13.8 Å². The summed E-state index contributed by atoms with van der Waals surface area (Å²) < 4.78 is 0. The molecule has 2 fully saturated rings. The molecule has 0 amide bonds. The number of hydrogen-bond donors (Lipinski definition) is 2. The van der Waals surface area contributed by atoms with Crippen molar-refractivity contribution in [2.75, 3.05) is 26.7 Å². The standard InChI is InChI=1S/C14H27N3O.HI/c1-4-13(2)8-9-17(11-13)12(15-3)16-10-14(18)6-5-7-14;/h18H,4-11H2,1-3H3,(H,15,16);1H. The molecule has 1 unspecified atom stereocenters. The minimum atomic E-state index is -0.482. The molecular weight excluding hydrogens is 353 g/mol. The maximum Gasteiger partial charge on any atom is 0.193 e. The van der Waals surface area contributed by atoms with Crippen molar-refractivity contribution in [2.24, 2.45) is 10.4 Å². The van der Waals surface area contributed by atoms with E-state index in [0.717, 1.165) is 38.3 Å². The van der Waals surface area contributed by atoms with E-state index in [-0.39, 0.29) is 24.0 Å². The van der Waals surface area contributed by atoms with E-state index >= 15 is 0 Å². The molecule has 1 saturated heterocycles. The van der Waals surface area contributed by atoms with E-state index in [2.05, 4.69) is 29.1 Å². The highest BCUT2D eigenvalue weighted by molar-refractivity contribution is 14.0. The smallest absolute Gasteiger partial charge is 0.193 e. The van der Waals surface area contributed by atoms with Gasteiger partial charge in [0, 0.05) is 26.7 Å². The Balaban J connectivity index is 0.00000180. The van der Waals surface area contributed by atoms with Gasteiger partial charge in [0.2, 0.25) is 0 Å². The van der Waals surface area contributed by atoms with Crippen LogP contribution in [0.2, 0.25) is 0 Å².